The third kappa shape index (κ3) is 3.53. The number of benzene rings is 2. The summed E-state index contributed by atoms with van der Waals surface area (Å²) in [5.41, 5.74) is 8.41. The number of nitrogens with zero attached hydrogens (tertiary/aromatic N) is 5. The Morgan fingerprint density at radius 2 is 1.68 bits per heavy atom. The molecule has 2 unspecified atom stereocenters. The van der Waals surface area contributed by atoms with Crippen molar-refractivity contribution in [3.05, 3.63) is 73.2 Å². The van der Waals surface area contributed by atoms with E-state index >= 15 is 0 Å². The SMILES string of the molecule is Bc1ccc2c(-c3cnn4cc(-c5ccc(N6C(C)CNCC6C)cc5)cnc34)cccc2n1. The van der Waals surface area contributed by atoms with Gasteiger partial charge >= 0.3 is 0 Å². The molecular weight excluding hydrogens is 419 g/mol. The topological polar surface area (TPSA) is 58.4 Å². The third-order valence-corrected chi connectivity index (χ3v) is 6.85. The van der Waals surface area contributed by atoms with Crippen molar-refractivity contribution in [1.29, 1.82) is 0 Å². The number of rotatable bonds is 3. The standard InChI is InChI=1S/C27H27BN6/c1-17-12-29-13-18(2)34(17)21-8-6-19(7-9-21)20-14-30-27-24(15-31-33(27)16-20)22-4-3-5-25-23(22)10-11-26(28)32-25/h3-11,14-18,29H,12-13,28H2,1-2H3. The summed E-state index contributed by atoms with van der Waals surface area (Å²) in [6.07, 6.45) is 5.90. The van der Waals surface area contributed by atoms with Gasteiger partial charge in [0.2, 0.25) is 0 Å². The van der Waals surface area contributed by atoms with Gasteiger partial charge in [-0.15, -0.1) is 0 Å². The summed E-state index contributed by atoms with van der Waals surface area (Å²) in [6, 6.07) is 20.1. The molecule has 4 heterocycles. The third-order valence-electron chi connectivity index (χ3n) is 6.85. The Labute approximate surface area is 200 Å². The Bertz CT molecular complexity index is 1480. The summed E-state index contributed by atoms with van der Waals surface area (Å²) in [6.45, 7) is 6.58. The van der Waals surface area contributed by atoms with Gasteiger partial charge in [0.05, 0.1) is 11.7 Å². The number of hydrogen-bond donors (Lipinski definition) is 1. The zero-order valence-corrected chi connectivity index (χ0v) is 19.7. The monoisotopic (exact) mass is 446 g/mol. The van der Waals surface area contributed by atoms with Crippen LogP contribution in [0.3, 0.4) is 0 Å². The van der Waals surface area contributed by atoms with E-state index in [0.29, 0.717) is 12.1 Å². The van der Waals surface area contributed by atoms with Crippen molar-refractivity contribution in [2.24, 2.45) is 0 Å². The minimum absolute atomic E-state index is 0.475. The smallest absolute Gasteiger partial charge is 0.163 e. The fraction of sp³-hybridized carbons (Fsp3) is 0.222. The lowest BCUT2D eigenvalue weighted by Crippen LogP contribution is -2.55. The largest absolute Gasteiger partial charge is 0.364 e. The second kappa shape index (κ2) is 8.26. The molecular formula is C27H27BN6. The first-order valence-corrected chi connectivity index (χ1v) is 11.9. The maximum absolute atomic E-state index is 4.82. The van der Waals surface area contributed by atoms with Gasteiger partial charge in [-0.05, 0) is 48.8 Å². The van der Waals surface area contributed by atoms with Crippen LogP contribution < -0.4 is 15.8 Å². The summed E-state index contributed by atoms with van der Waals surface area (Å²) in [5, 5.41) is 9.25. The van der Waals surface area contributed by atoms with Gasteiger partial charge in [0, 0.05) is 59.8 Å². The fourth-order valence-corrected chi connectivity index (χ4v) is 5.17. The second-order valence-corrected chi connectivity index (χ2v) is 9.30. The molecule has 0 radical (unpaired) electrons. The minimum atomic E-state index is 0.475. The van der Waals surface area contributed by atoms with Gasteiger partial charge in [0.25, 0.3) is 0 Å². The van der Waals surface area contributed by atoms with Crippen LogP contribution in [0.15, 0.2) is 73.2 Å². The minimum Gasteiger partial charge on any atom is -0.364 e. The van der Waals surface area contributed by atoms with E-state index in [4.69, 9.17) is 4.98 Å². The van der Waals surface area contributed by atoms with Crippen molar-refractivity contribution in [3.8, 4) is 22.3 Å². The maximum Gasteiger partial charge on any atom is 0.163 e. The van der Waals surface area contributed by atoms with E-state index < -0.39 is 0 Å². The number of aromatic nitrogens is 4. The molecule has 5 aromatic rings. The Balaban J connectivity index is 1.35. The van der Waals surface area contributed by atoms with E-state index in [1.54, 1.807) is 0 Å². The molecule has 6 nitrogen and oxygen atoms in total. The van der Waals surface area contributed by atoms with Crippen molar-refractivity contribution in [1.82, 2.24) is 24.9 Å². The summed E-state index contributed by atoms with van der Waals surface area (Å²) in [7, 11) is 2.02. The van der Waals surface area contributed by atoms with Crippen LogP contribution in [0.1, 0.15) is 13.8 Å². The highest BCUT2D eigenvalue weighted by atomic mass is 15.2. The number of nitrogens with one attached hydrogen (secondary N) is 1. The zero-order chi connectivity index (χ0) is 23.2. The van der Waals surface area contributed by atoms with E-state index in [0.717, 1.165) is 57.5 Å². The first-order valence-electron chi connectivity index (χ1n) is 11.9. The summed E-state index contributed by atoms with van der Waals surface area (Å²) in [5.74, 6) is 0. The van der Waals surface area contributed by atoms with Gasteiger partial charge in [0.15, 0.2) is 13.5 Å². The van der Waals surface area contributed by atoms with E-state index in [-0.39, 0.29) is 0 Å². The van der Waals surface area contributed by atoms with E-state index in [2.05, 4.69) is 88.9 Å². The quantitative estimate of drug-likeness (QED) is 0.432. The molecule has 1 N–H and O–H groups in total. The van der Waals surface area contributed by atoms with E-state index in [1.165, 1.54) is 5.69 Å². The van der Waals surface area contributed by atoms with Gasteiger partial charge in [-0.3, -0.25) is 4.98 Å². The number of piperazine rings is 1. The van der Waals surface area contributed by atoms with Gasteiger partial charge in [-0.1, -0.05) is 36.4 Å². The highest BCUT2D eigenvalue weighted by Crippen LogP contribution is 2.31. The van der Waals surface area contributed by atoms with Gasteiger partial charge in [0.1, 0.15) is 0 Å². The van der Waals surface area contributed by atoms with Crippen LogP contribution >= 0.6 is 0 Å². The normalized spacial score (nSPS) is 18.6. The lowest BCUT2D eigenvalue weighted by molar-refractivity contribution is 0.432. The Morgan fingerprint density at radius 1 is 0.882 bits per heavy atom. The average Bonchev–Trinajstić information content (AvgIpc) is 3.27. The average molecular weight is 446 g/mol. The first-order chi connectivity index (χ1) is 16.6. The molecule has 0 saturated carbocycles. The van der Waals surface area contributed by atoms with E-state index in [1.807, 2.05) is 30.8 Å². The lowest BCUT2D eigenvalue weighted by Gasteiger charge is -2.41. The van der Waals surface area contributed by atoms with Crippen LogP contribution in [0.5, 0.6) is 0 Å². The summed E-state index contributed by atoms with van der Waals surface area (Å²) < 4.78 is 1.87. The Morgan fingerprint density at radius 3 is 2.47 bits per heavy atom. The second-order valence-electron chi connectivity index (χ2n) is 9.30. The molecule has 0 spiro atoms. The molecule has 0 amide bonds. The maximum atomic E-state index is 4.82. The van der Waals surface area contributed by atoms with Crippen LogP contribution in [0, 0.1) is 0 Å². The van der Waals surface area contributed by atoms with Crippen LogP contribution in [0.4, 0.5) is 5.69 Å². The Hall–Kier alpha value is -3.71. The van der Waals surface area contributed by atoms with Crippen molar-refractivity contribution >= 4 is 35.7 Å². The molecule has 0 bridgehead atoms. The highest BCUT2D eigenvalue weighted by Gasteiger charge is 2.24. The van der Waals surface area contributed by atoms with Crippen molar-refractivity contribution in [3.63, 3.8) is 0 Å². The predicted octanol–water partition coefficient (Wildman–Crippen LogP) is 3.06. The number of anilines is 1. The molecule has 1 fully saturated rings. The van der Waals surface area contributed by atoms with Crippen LogP contribution in [0.2, 0.25) is 0 Å². The van der Waals surface area contributed by atoms with Gasteiger partial charge in [-0.25, -0.2) is 9.50 Å². The fourth-order valence-electron chi connectivity index (χ4n) is 5.17. The van der Waals surface area contributed by atoms with Gasteiger partial charge in [-0.2, -0.15) is 5.10 Å². The Kier molecular flexibility index (Phi) is 5.07. The number of hydrogen-bond acceptors (Lipinski definition) is 5. The molecule has 1 saturated heterocycles. The van der Waals surface area contributed by atoms with Crippen LogP contribution in [0.25, 0.3) is 38.8 Å². The van der Waals surface area contributed by atoms with Gasteiger partial charge < -0.3 is 10.2 Å². The molecule has 3 aromatic heterocycles. The van der Waals surface area contributed by atoms with E-state index in [9.17, 15) is 0 Å². The molecule has 2 atom stereocenters. The lowest BCUT2D eigenvalue weighted by atomic mass is 9.99. The number of fused-ring (bicyclic) bond motifs is 2. The van der Waals surface area contributed by atoms with Crippen molar-refractivity contribution in [2.45, 2.75) is 25.9 Å². The first kappa shape index (κ1) is 20.9. The summed E-state index contributed by atoms with van der Waals surface area (Å²) >= 11 is 0. The number of pyridine rings is 1. The molecule has 0 aliphatic carbocycles. The zero-order valence-electron chi connectivity index (χ0n) is 19.7. The van der Waals surface area contributed by atoms with Crippen LogP contribution in [-0.4, -0.2) is 52.6 Å². The molecule has 168 valence electrons. The van der Waals surface area contributed by atoms with Crippen molar-refractivity contribution in [2.75, 3.05) is 18.0 Å². The summed E-state index contributed by atoms with van der Waals surface area (Å²) in [4.78, 5) is 12.0. The van der Waals surface area contributed by atoms with Crippen molar-refractivity contribution < 1.29 is 0 Å². The molecule has 1 aliphatic heterocycles. The molecule has 1 aliphatic rings. The molecule has 34 heavy (non-hydrogen) atoms. The molecule has 2 aromatic carbocycles. The molecule has 6 rings (SSSR count). The predicted molar refractivity (Wildman–Crippen MR) is 142 cm³/mol. The van der Waals surface area contributed by atoms with Crippen LogP contribution in [-0.2, 0) is 0 Å². The highest BCUT2D eigenvalue weighted by molar-refractivity contribution is 6.31. The molecule has 7 heteroatoms.